The van der Waals surface area contributed by atoms with Gasteiger partial charge in [0.15, 0.2) is 9.84 Å². The summed E-state index contributed by atoms with van der Waals surface area (Å²) in [6.45, 7) is 0.429. The molecular weight excluding hydrogens is 276 g/mol. The number of alkyl halides is 2. The summed E-state index contributed by atoms with van der Waals surface area (Å²) in [4.78, 5) is 0. The van der Waals surface area contributed by atoms with Crippen LogP contribution < -0.4 is 10.1 Å². The molecule has 7 heteroatoms. The zero-order chi connectivity index (χ0) is 14.5. The van der Waals surface area contributed by atoms with Crippen LogP contribution in [-0.2, 0) is 9.84 Å². The Balaban J connectivity index is 2.63. The smallest absolute Gasteiger partial charge is 0.387 e. The number of rotatable bonds is 7. The van der Waals surface area contributed by atoms with Crippen molar-refractivity contribution in [1.29, 1.82) is 0 Å². The molecule has 19 heavy (non-hydrogen) atoms. The summed E-state index contributed by atoms with van der Waals surface area (Å²) in [5.74, 6) is -0.0623. The number of nitrogens with one attached hydrogen (secondary N) is 1. The number of anilines is 1. The van der Waals surface area contributed by atoms with Crippen LogP contribution in [0.5, 0.6) is 5.75 Å². The van der Waals surface area contributed by atoms with Gasteiger partial charge in [-0.2, -0.15) is 8.78 Å². The van der Waals surface area contributed by atoms with E-state index in [0.29, 0.717) is 5.69 Å². The number of benzene rings is 1. The number of halogens is 2. The van der Waals surface area contributed by atoms with Crippen LogP contribution in [0.1, 0.15) is 13.8 Å². The van der Waals surface area contributed by atoms with Crippen molar-refractivity contribution in [3.05, 3.63) is 24.3 Å². The zero-order valence-corrected chi connectivity index (χ0v) is 11.6. The first-order valence-corrected chi connectivity index (χ1v) is 7.53. The van der Waals surface area contributed by atoms with E-state index in [1.165, 1.54) is 6.07 Å². The van der Waals surface area contributed by atoms with Gasteiger partial charge >= 0.3 is 6.61 Å². The molecule has 0 aliphatic carbocycles. The molecule has 0 fully saturated rings. The third-order valence-corrected chi connectivity index (χ3v) is 4.73. The van der Waals surface area contributed by atoms with Crippen molar-refractivity contribution in [1.82, 2.24) is 0 Å². The highest BCUT2D eigenvalue weighted by atomic mass is 32.2. The lowest BCUT2D eigenvalue weighted by Gasteiger charge is -2.13. The highest BCUT2D eigenvalue weighted by molar-refractivity contribution is 7.92. The summed E-state index contributed by atoms with van der Waals surface area (Å²) in [5, 5.41) is 2.34. The van der Waals surface area contributed by atoms with E-state index in [2.05, 4.69) is 10.1 Å². The Morgan fingerprint density at radius 2 is 1.89 bits per heavy atom. The minimum Gasteiger partial charge on any atom is -0.433 e. The zero-order valence-electron chi connectivity index (χ0n) is 10.8. The number of ether oxygens (including phenoxy) is 1. The predicted octanol–water partition coefficient (Wildman–Crippen LogP) is 2.52. The van der Waals surface area contributed by atoms with Crippen LogP contribution in [-0.4, -0.2) is 32.6 Å². The second kappa shape index (κ2) is 6.70. The fourth-order valence-corrected chi connectivity index (χ4v) is 2.23. The molecule has 1 aromatic rings. The lowest BCUT2D eigenvalue weighted by molar-refractivity contribution is -0.0493. The Morgan fingerprint density at radius 3 is 2.47 bits per heavy atom. The number of hydrogen-bond donors (Lipinski definition) is 1. The SMILES string of the molecule is CC(C)S(=O)(=O)CCNc1ccccc1OC(F)F. The van der Waals surface area contributed by atoms with Gasteiger partial charge in [0, 0.05) is 6.54 Å². The van der Waals surface area contributed by atoms with Gasteiger partial charge in [-0.1, -0.05) is 12.1 Å². The molecule has 0 atom stereocenters. The van der Waals surface area contributed by atoms with Crippen molar-refractivity contribution in [3.8, 4) is 5.75 Å². The minimum absolute atomic E-state index is 0.000514. The van der Waals surface area contributed by atoms with Crippen LogP contribution in [0.15, 0.2) is 24.3 Å². The third-order valence-electron chi connectivity index (χ3n) is 2.52. The number of hydrogen-bond acceptors (Lipinski definition) is 4. The summed E-state index contributed by atoms with van der Waals surface area (Å²) < 4.78 is 51.9. The highest BCUT2D eigenvalue weighted by Crippen LogP contribution is 2.25. The molecule has 1 N–H and O–H groups in total. The molecule has 4 nitrogen and oxygen atoms in total. The Morgan fingerprint density at radius 1 is 1.26 bits per heavy atom. The van der Waals surface area contributed by atoms with Crippen molar-refractivity contribution in [2.45, 2.75) is 25.7 Å². The van der Waals surface area contributed by atoms with Crippen molar-refractivity contribution < 1.29 is 21.9 Å². The van der Waals surface area contributed by atoms with E-state index in [1.807, 2.05) is 0 Å². The van der Waals surface area contributed by atoms with Crippen molar-refractivity contribution in [2.75, 3.05) is 17.6 Å². The van der Waals surface area contributed by atoms with Gasteiger partial charge in [0.05, 0.1) is 16.7 Å². The van der Waals surface area contributed by atoms with Crippen molar-refractivity contribution >= 4 is 15.5 Å². The summed E-state index contributed by atoms with van der Waals surface area (Å²) in [7, 11) is -3.16. The molecule has 0 saturated carbocycles. The van der Waals surface area contributed by atoms with Crippen LogP contribution in [0.4, 0.5) is 14.5 Å². The van der Waals surface area contributed by atoms with E-state index >= 15 is 0 Å². The van der Waals surface area contributed by atoms with E-state index in [9.17, 15) is 17.2 Å². The minimum atomic E-state index is -3.16. The predicted molar refractivity (Wildman–Crippen MR) is 70.5 cm³/mol. The standard InChI is InChI=1S/C12H17F2NO3S/c1-9(2)19(16,17)8-7-15-10-5-3-4-6-11(10)18-12(13)14/h3-6,9,12,15H,7-8H2,1-2H3. The van der Waals surface area contributed by atoms with Crippen LogP contribution in [0.25, 0.3) is 0 Å². The fourth-order valence-electron chi connectivity index (χ4n) is 1.38. The molecule has 0 bridgehead atoms. The maximum Gasteiger partial charge on any atom is 0.387 e. The second-order valence-corrected chi connectivity index (χ2v) is 6.89. The molecule has 0 aliphatic rings. The van der Waals surface area contributed by atoms with E-state index in [0.717, 1.165) is 0 Å². The molecule has 0 unspecified atom stereocenters. The lowest BCUT2D eigenvalue weighted by atomic mass is 10.3. The molecule has 0 aliphatic heterocycles. The first-order chi connectivity index (χ1) is 8.83. The maximum absolute atomic E-state index is 12.2. The molecule has 108 valence electrons. The molecule has 0 saturated heterocycles. The normalized spacial score (nSPS) is 11.9. The van der Waals surface area contributed by atoms with E-state index in [4.69, 9.17) is 0 Å². The molecule has 0 radical (unpaired) electrons. The summed E-state index contributed by atoms with van der Waals surface area (Å²) in [5.41, 5.74) is 0.349. The number of sulfone groups is 1. The Hall–Kier alpha value is -1.37. The van der Waals surface area contributed by atoms with Crippen LogP contribution in [0.2, 0.25) is 0 Å². The highest BCUT2D eigenvalue weighted by Gasteiger charge is 2.16. The van der Waals surface area contributed by atoms with E-state index in [-0.39, 0.29) is 18.0 Å². The largest absolute Gasteiger partial charge is 0.433 e. The Bertz CT molecular complexity index is 503. The van der Waals surface area contributed by atoms with Crippen LogP contribution >= 0.6 is 0 Å². The second-order valence-electron chi connectivity index (χ2n) is 4.22. The van der Waals surface area contributed by atoms with E-state index < -0.39 is 21.7 Å². The summed E-state index contributed by atoms with van der Waals surface area (Å²) >= 11 is 0. The van der Waals surface area contributed by atoms with Crippen molar-refractivity contribution in [3.63, 3.8) is 0 Å². The molecule has 1 aromatic carbocycles. The molecule has 0 aromatic heterocycles. The first-order valence-electron chi connectivity index (χ1n) is 5.82. The quantitative estimate of drug-likeness (QED) is 0.839. The van der Waals surface area contributed by atoms with Gasteiger partial charge < -0.3 is 10.1 Å². The Labute approximate surface area is 111 Å². The van der Waals surface area contributed by atoms with Gasteiger partial charge in [-0.3, -0.25) is 0 Å². The average Bonchev–Trinajstić information content (AvgIpc) is 2.30. The van der Waals surface area contributed by atoms with Gasteiger partial charge in [-0.15, -0.1) is 0 Å². The average molecular weight is 293 g/mol. The molecule has 1 rings (SSSR count). The van der Waals surface area contributed by atoms with Crippen LogP contribution in [0, 0.1) is 0 Å². The first kappa shape index (κ1) is 15.7. The van der Waals surface area contributed by atoms with Gasteiger partial charge in [0.1, 0.15) is 5.75 Å². The molecule has 0 amide bonds. The molecule has 0 spiro atoms. The van der Waals surface area contributed by atoms with Crippen LogP contribution in [0.3, 0.4) is 0 Å². The number of para-hydroxylation sites is 2. The monoisotopic (exact) mass is 293 g/mol. The van der Waals surface area contributed by atoms with E-state index in [1.54, 1.807) is 32.0 Å². The molecular formula is C12H17F2NO3S. The van der Waals surface area contributed by atoms with Gasteiger partial charge in [-0.25, -0.2) is 8.42 Å². The van der Waals surface area contributed by atoms with Gasteiger partial charge in [0.2, 0.25) is 0 Å². The Kier molecular flexibility index (Phi) is 5.53. The van der Waals surface area contributed by atoms with Gasteiger partial charge in [0.25, 0.3) is 0 Å². The lowest BCUT2D eigenvalue weighted by Crippen LogP contribution is -2.23. The molecule has 0 heterocycles. The summed E-state index contributed by atoms with van der Waals surface area (Å²) in [6, 6.07) is 6.16. The van der Waals surface area contributed by atoms with Crippen molar-refractivity contribution in [2.24, 2.45) is 0 Å². The topological polar surface area (TPSA) is 55.4 Å². The fraction of sp³-hybridized carbons (Fsp3) is 0.500. The summed E-state index contributed by atoms with van der Waals surface area (Å²) in [6.07, 6.45) is 0. The maximum atomic E-state index is 12.2. The van der Waals surface area contributed by atoms with Gasteiger partial charge in [-0.05, 0) is 26.0 Å². The third kappa shape index (κ3) is 5.02.